The molecule has 0 saturated heterocycles. The van der Waals surface area contributed by atoms with Gasteiger partial charge in [-0.3, -0.25) is 4.79 Å². The zero-order valence-electron chi connectivity index (χ0n) is 12.6. The molecule has 1 aromatic carbocycles. The number of nitrogens with one attached hydrogen (secondary N) is 1. The van der Waals surface area contributed by atoms with Crippen LogP contribution < -0.4 is 11.1 Å². The summed E-state index contributed by atoms with van der Waals surface area (Å²) in [6, 6.07) is 8.25. The number of thioether (sulfide) groups is 1. The Hall–Kier alpha value is -0.520. The molecule has 0 spiro atoms. The molecule has 1 amide bonds. The number of hydrogen-bond acceptors (Lipinski definition) is 3. The van der Waals surface area contributed by atoms with Gasteiger partial charge in [-0.15, -0.1) is 11.8 Å². The number of nitrogens with two attached hydrogens (primary N) is 1. The van der Waals surface area contributed by atoms with Gasteiger partial charge in [-0.25, -0.2) is 0 Å². The molecule has 0 fully saturated rings. The molecule has 21 heavy (non-hydrogen) atoms. The molecular formula is C16H25BrN2OS. The monoisotopic (exact) mass is 372 g/mol. The first-order valence-electron chi connectivity index (χ1n) is 7.51. The molecule has 1 atom stereocenters. The van der Waals surface area contributed by atoms with Gasteiger partial charge >= 0.3 is 0 Å². The smallest absolute Gasteiger partial charge is 0.220 e. The lowest BCUT2D eigenvalue weighted by atomic mass is 10.1. The first kappa shape index (κ1) is 18.5. The normalized spacial score (nSPS) is 12.1. The summed E-state index contributed by atoms with van der Waals surface area (Å²) in [5.41, 5.74) is 5.44. The van der Waals surface area contributed by atoms with Crippen LogP contribution in [0, 0.1) is 0 Å². The fraction of sp³-hybridized carbons (Fsp3) is 0.562. The van der Waals surface area contributed by atoms with Gasteiger partial charge in [-0.2, -0.15) is 0 Å². The van der Waals surface area contributed by atoms with Crippen LogP contribution >= 0.6 is 27.7 Å². The van der Waals surface area contributed by atoms with Crippen molar-refractivity contribution in [2.45, 2.75) is 49.2 Å². The molecule has 3 N–H and O–H groups in total. The van der Waals surface area contributed by atoms with Gasteiger partial charge in [-0.05, 0) is 43.7 Å². The highest BCUT2D eigenvalue weighted by Crippen LogP contribution is 2.24. The van der Waals surface area contributed by atoms with Crippen molar-refractivity contribution >= 4 is 33.6 Å². The summed E-state index contributed by atoms with van der Waals surface area (Å²) in [6.45, 7) is 3.59. The minimum atomic E-state index is 0.158. The molecule has 0 radical (unpaired) electrons. The third-order valence-corrected chi connectivity index (χ3v) is 4.74. The molecule has 5 heteroatoms. The van der Waals surface area contributed by atoms with Gasteiger partial charge in [0, 0.05) is 27.6 Å². The number of benzene rings is 1. The zero-order valence-corrected chi connectivity index (χ0v) is 15.0. The van der Waals surface area contributed by atoms with E-state index in [4.69, 9.17) is 5.73 Å². The fourth-order valence-corrected chi connectivity index (χ4v) is 3.11. The van der Waals surface area contributed by atoms with Gasteiger partial charge < -0.3 is 11.1 Å². The highest BCUT2D eigenvalue weighted by atomic mass is 79.9. The van der Waals surface area contributed by atoms with Gasteiger partial charge in [0.05, 0.1) is 0 Å². The molecule has 1 aromatic rings. The van der Waals surface area contributed by atoms with Crippen molar-refractivity contribution in [3.63, 3.8) is 0 Å². The van der Waals surface area contributed by atoms with Crippen LogP contribution in [-0.4, -0.2) is 24.2 Å². The molecule has 0 bridgehead atoms. The summed E-state index contributed by atoms with van der Waals surface area (Å²) in [5.74, 6) is 0.158. The largest absolute Gasteiger partial charge is 0.355 e. The summed E-state index contributed by atoms with van der Waals surface area (Å²) in [5, 5.41) is 3.38. The van der Waals surface area contributed by atoms with Crippen molar-refractivity contribution in [2.24, 2.45) is 5.73 Å². The SMILES string of the molecule is CC(CNC(=O)CCCCCCN)Sc1ccc(Br)cc1. The van der Waals surface area contributed by atoms with Crippen molar-refractivity contribution in [3.05, 3.63) is 28.7 Å². The van der Waals surface area contributed by atoms with Crippen LogP contribution in [0.4, 0.5) is 0 Å². The third-order valence-electron chi connectivity index (χ3n) is 3.10. The Morgan fingerprint density at radius 1 is 1.24 bits per heavy atom. The number of rotatable bonds is 10. The Labute approximate surface area is 140 Å². The predicted octanol–water partition coefficient (Wildman–Crippen LogP) is 3.96. The Kier molecular flexibility index (Phi) is 9.79. The van der Waals surface area contributed by atoms with Gasteiger partial charge in [0.2, 0.25) is 5.91 Å². The fourth-order valence-electron chi connectivity index (χ4n) is 1.92. The first-order chi connectivity index (χ1) is 10.1. The molecule has 0 aromatic heterocycles. The first-order valence-corrected chi connectivity index (χ1v) is 9.18. The number of amides is 1. The quantitative estimate of drug-likeness (QED) is 0.482. The molecule has 0 aliphatic rings. The van der Waals surface area contributed by atoms with Gasteiger partial charge in [-0.1, -0.05) is 35.7 Å². The molecule has 0 aliphatic carbocycles. The van der Waals surface area contributed by atoms with E-state index in [-0.39, 0.29) is 5.91 Å². The van der Waals surface area contributed by atoms with Crippen LogP contribution in [-0.2, 0) is 4.79 Å². The van der Waals surface area contributed by atoms with E-state index in [1.54, 1.807) is 11.8 Å². The lowest BCUT2D eigenvalue weighted by Gasteiger charge is -2.12. The van der Waals surface area contributed by atoms with E-state index in [0.717, 1.165) is 36.7 Å². The topological polar surface area (TPSA) is 55.1 Å². The van der Waals surface area contributed by atoms with E-state index in [1.807, 2.05) is 12.1 Å². The van der Waals surface area contributed by atoms with Crippen molar-refractivity contribution < 1.29 is 4.79 Å². The molecular weight excluding hydrogens is 348 g/mol. The molecule has 0 heterocycles. The Bertz CT molecular complexity index is 411. The molecule has 3 nitrogen and oxygen atoms in total. The van der Waals surface area contributed by atoms with Crippen molar-refractivity contribution in [1.82, 2.24) is 5.32 Å². The summed E-state index contributed by atoms with van der Waals surface area (Å²) in [4.78, 5) is 12.9. The minimum Gasteiger partial charge on any atom is -0.355 e. The van der Waals surface area contributed by atoms with E-state index in [9.17, 15) is 4.79 Å². The Morgan fingerprint density at radius 3 is 2.57 bits per heavy atom. The van der Waals surface area contributed by atoms with Crippen molar-refractivity contribution in [1.29, 1.82) is 0 Å². The van der Waals surface area contributed by atoms with Gasteiger partial charge in [0.1, 0.15) is 0 Å². The number of halogens is 1. The van der Waals surface area contributed by atoms with Crippen LogP contribution in [0.2, 0.25) is 0 Å². The van der Waals surface area contributed by atoms with Crippen molar-refractivity contribution in [3.8, 4) is 0 Å². The Balaban J connectivity index is 2.13. The van der Waals surface area contributed by atoms with Crippen LogP contribution in [0.25, 0.3) is 0 Å². The lowest BCUT2D eigenvalue weighted by Crippen LogP contribution is -2.29. The Morgan fingerprint density at radius 2 is 1.90 bits per heavy atom. The zero-order chi connectivity index (χ0) is 15.5. The molecule has 1 rings (SSSR count). The average Bonchev–Trinajstić information content (AvgIpc) is 2.47. The maximum absolute atomic E-state index is 11.7. The van der Waals surface area contributed by atoms with Crippen LogP contribution in [0.15, 0.2) is 33.6 Å². The second kappa shape index (κ2) is 11.1. The number of hydrogen-bond donors (Lipinski definition) is 2. The molecule has 0 saturated carbocycles. The summed E-state index contributed by atoms with van der Waals surface area (Å²) in [6.07, 6.45) is 4.86. The highest BCUT2D eigenvalue weighted by Gasteiger charge is 2.07. The maximum atomic E-state index is 11.7. The summed E-state index contributed by atoms with van der Waals surface area (Å²) in [7, 11) is 0. The molecule has 0 aliphatic heterocycles. The molecule has 118 valence electrons. The third kappa shape index (κ3) is 9.17. The highest BCUT2D eigenvalue weighted by molar-refractivity contribution is 9.10. The van der Waals surface area contributed by atoms with Crippen LogP contribution in [0.5, 0.6) is 0 Å². The summed E-state index contributed by atoms with van der Waals surface area (Å²) >= 11 is 5.21. The second-order valence-corrected chi connectivity index (χ2v) is 7.57. The van der Waals surface area contributed by atoms with Crippen LogP contribution in [0.1, 0.15) is 39.0 Å². The lowest BCUT2D eigenvalue weighted by molar-refractivity contribution is -0.121. The number of carbonyl (C=O) groups is 1. The standard InChI is InChI=1S/C16H25BrN2OS/c1-13(21-15-9-7-14(17)8-10-15)12-19-16(20)6-4-2-3-5-11-18/h7-10,13H,2-6,11-12,18H2,1H3,(H,19,20). The van der Waals surface area contributed by atoms with Crippen LogP contribution in [0.3, 0.4) is 0 Å². The molecule has 1 unspecified atom stereocenters. The van der Waals surface area contributed by atoms with E-state index in [1.165, 1.54) is 4.90 Å². The van der Waals surface area contributed by atoms with E-state index >= 15 is 0 Å². The minimum absolute atomic E-state index is 0.158. The number of unbranched alkanes of at least 4 members (excludes halogenated alkanes) is 3. The average molecular weight is 373 g/mol. The predicted molar refractivity (Wildman–Crippen MR) is 94.6 cm³/mol. The summed E-state index contributed by atoms with van der Waals surface area (Å²) < 4.78 is 1.09. The van der Waals surface area contributed by atoms with E-state index < -0.39 is 0 Å². The maximum Gasteiger partial charge on any atom is 0.220 e. The van der Waals surface area contributed by atoms with E-state index in [0.29, 0.717) is 18.2 Å². The van der Waals surface area contributed by atoms with E-state index in [2.05, 4.69) is 40.3 Å². The van der Waals surface area contributed by atoms with Crippen molar-refractivity contribution in [2.75, 3.05) is 13.1 Å². The number of carbonyl (C=O) groups excluding carboxylic acids is 1. The second-order valence-electron chi connectivity index (χ2n) is 5.14. The van der Waals surface area contributed by atoms with Gasteiger partial charge in [0.25, 0.3) is 0 Å². The van der Waals surface area contributed by atoms with Gasteiger partial charge in [0.15, 0.2) is 0 Å².